The van der Waals surface area contributed by atoms with Gasteiger partial charge in [0.1, 0.15) is 0 Å². The number of hydrogen-bond acceptors (Lipinski definition) is 3. The van der Waals surface area contributed by atoms with Crippen LogP contribution in [0.25, 0.3) is 0 Å². The molecule has 0 heterocycles. The van der Waals surface area contributed by atoms with Crippen LogP contribution in [0.4, 0.5) is 0 Å². The number of hydrogen-bond donors (Lipinski definition) is 2. The van der Waals surface area contributed by atoms with Gasteiger partial charge in [-0.2, -0.15) is 8.42 Å². The number of aliphatic hydroxyl groups is 1. The fraction of sp³-hybridized carbons (Fsp3) is 1.00. The Morgan fingerprint density at radius 2 is 1.35 bits per heavy atom. The van der Waals surface area contributed by atoms with Gasteiger partial charge in [-0.1, -0.05) is 65.2 Å². The first-order valence-corrected chi connectivity index (χ1v) is 9.56. The van der Waals surface area contributed by atoms with E-state index in [2.05, 4.69) is 6.92 Å². The Hall–Kier alpha value is -0.130. The normalized spacial score (nSPS) is 15.2. The standard InChI is InChI=1S/C15H32O4S/c1-3-5-7-8-10-11-14(16)13-15(20(17,18)19)12-9-6-4-2/h14-16H,3-13H2,1-2H3,(H,17,18,19). The van der Waals surface area contributed by atoms with Crippen molar-refractivity contribution in [2.24, 2.45) is 0 Å². The Labute approximate surface area is 124 Å². The molecule has 2 unspecified atom stereocenters. The van der Waals surface area contributed by atoms with Crippen molar-refractivity contribution in [3.05, 3.63) is 0 Å². The zero-order chi connectivity index (χ0) is 15.4. The molecule has 2 N–H and O–H groups in total. The fourth-order valence-electron chi connectivity index (χ4n) is 2.42. The van der Waals surface area contributed by atoms with Gasteiger partial charge in [0.05, 0.1) is 11.4 Å². The van der Waals surface area contributed by atoms with Crippen LogP contribution in [0.1, 0.15) is 84.5 Å². The van der Waals surface area contributed by atoms with E-state index in [-0.39, 0.29) is 6.42 Å². The average Bonchev–Trinajstić information content (AvgIpc) is 2.36. The minimum absolute atomic E-state index is 0.163. The lowest BCUT2D eigenvalue weighted by atomic mass is 10.0. The SMILES string of the molecule is CCCCCCCC(O)CC(CCCCC)S(=O)(=O)O. The fourth-order valence-corrected chi connectivity index (χ4v) is 3.35. The summed E-state index contributed by atoms with van der Waals surface area (Å²) in [6.07, 6.45) is 8.93. The van der Waals surface area contributed by atoms with Gasteiger partial charge < -0.3 is 5.11 Å². The Kier molecular flexibility index (Phi) is 11.4. The third-order valence-electron chi connectivity index (χ3n) is 3.73. The van der Waals surface area contributed by atoms with E-state index in [0.29, 0.717) is 12.8 Å². The van der Waals surface area contributed by atoms with Crippen LogP contribution in [0.3, 0.4) is 0 Å². The van der Waals surface area contributed by atoms with E-state index >= 15 is 0 Å². The molecular weight excluding hydrogens is 276 g/mol. The van der Waals surface area contributed by atoms with Gasteiger partial charge in [-0.05, 0) is 19.3 Å². The first-order valence-electron chi connectivity index (χ1n) is 8.06. The van der Waals surface area contributed by atoms with E-state index in [0.717, 1.165) is 32.1 Å². The summed E-state index contributed by atoms with van der Waals surface area (Å²) < 4.78 is 31.9. The highest BCUT2D eigenvalue weighted by molar-refractivity contribution is 7.86. The summed E-state index contributed by atoms with van der Waals surface area (Å²) >= 11 is 0. The molecule has 0 fully saturated rings. The highest BCUT2D eigenvalue weighted by Gasteiger charge is 2.25. The third kappa shape index (κ3) is 10.6. The van der Waals surface area contributed by atoms with Gasteiger partial charge in [0.25, 0.3) is 10.1 Å². The molecule has 4 nitrogen and oxygen atoms in total. The minimum Gasteiger partial charge on any atom is -0.393 e. The van der Waals surface area contributed by atoms with E-state index in [4.69, 9.17) is 0 Å². The first-order chi connectivity index (χ1) is 9.41. The summed E-state index contributed by atoms with van der Waals surface area (Å²) in [5.41, 5.74) is 0. The molecule has 2 atom stereocenters. The van der Waals surface area contributed by atoms with Crippen molar-refractivity contribution in [2.45, 2.75) is 95.8 Å². The number of rotatable bonds is 13. The summed E-state index contributed by atoms with van der Waals surface area (Å²) in [6, 6.07) is 0. The molecule has 0 radical (unpaired) electrons. The molecule has 20 heavy (non-hydrogen) atoms. The second-order valence-electron chi connectivity index (χ2n) is 5.73. The molecule has 0 aliphatic rings. The van der Waals surface area contributed by atoms with Crippen LogP contribution in [-0.4, -0.2) is 29.4 Å². The van der Waals surface area contributed by atoms with Crippen LogP contribution < -0.4 is 0 Å². The van der Waals surface area contributed by atoms with Crippen LogP contribution >= 0.6 is 0 Å². The maximum absolute atomic E-state index is 11.3. The van der Waals surface area contributed by atoms with Gasteiger partial charge in [-0.25, -0.2) is 0 Å². The predicted molar refractivity (Wildman–Crippen MR) is 83.5 cm³/mol. The second kappa shape index (κ2) is 11.5. The Bertz CT molecular complexity index is 314. The van der Waals surface area contributed by atoms with Gasteiger partial charge in [-0.3, -0.25) is 4.55 Å². The Morgan fingerprint density at radius 1 is 0.850 bits per heavy atom. The van der Waals surface area contributed by atoms with E-state index in [1.165, 1.54) is 19.3 Å². The average molecular weight is 308 g/mol. The van der Waals surface area contributed by atoms with E-state index < -0.39 is 21.5 Å². The molecule has 0 aliphatic heterocycles. The molecule has 0 amide bonds. The van der Waals surface area contributed by atoms with Crippen molar-refractivity contribution >= 4 is 10.1 Å². The van der Waals surface area contributed by atoms with Gasteiger partial charge in [0.2, 0.25) is 0 Å². The molecule has 0 aromatic carbocycles. The molecule has 0 aromatic rings. The zero-order valence-corrected chi connectivity index (χ0v) is 13.9. The summed E-state index contributed by atoms with van der Waals surface area (Å²) in [6.45, 7) is 4.20. The monoisotopic (exact) mass is 308 g/mol. The van der Waals surface area contributed by atoms with Crippen LogP contribution in [0.15, 0.2) is 0 Å². The topological polar surface area (TPSA) is 74.6 Å². The molecule has 0 saturated carbocycles. The summed E-state index contributed by atoms with van der Waals surface area (Å²) in [7, 11) is -4.04. The van der Waals surface area contributed by atoms with Gasteiger partial charge in [-0.15, -0.1) is 0 Å². The molecule has 5 heteroatoms. The van der Waals surface area contributed by atoms with Crippen molar-refractivity contribution < 1.29 is 18.1 Å². The van der Waals surface area contributed by atoms with Crippen molar-refractivity contribution in [1.29, 1.82) is 0 Å². The predicted octanol–water partition coefficient (Wildman–Crippen LogP) is 3.93. The maximum Gasteiger partial charge on any atom is 0.267 e. The highest BCUT2D eigenvalue weighted by atomic mass is 32.2. The maximum atomic E-state index is 11.3. The second-order valence-corrected chi connectivity index (χ2v) is 7.42. The van der Waals surface area contributed by atoms with Crippen LogP contribution in [0.5, 0.6) is 0 Å². The van der Waals surface area contributed by atoms with Crippen molar-refractivity contribution in [3.8, 4) is 0 Å². The lowest BCUT2D eigenvalue weighted by Gasteiger charge is -2.17. The molecule has 0 spiro atoms. The quantitative estimate of drug-likeness (QED) is 0.399. The summed E-state index contributed by atoms with van der Waals surface area (Å²) in [4.78, 5) is 0. The van der Waals surface area contributed by atoms with Crippen molar-refractivity contribution in [3.63, 3.8) is 0 Å². The molecule has 122 valence electrons. The number of unbranched alkanes of at least 4 members (excludes halogenated alkanes) is 6. The lowest BCUT2D eigenvalue weighted by Crippen LogP contribution is -2.26. The van der Waals surface area contributed by atoms with Gasteiger partial charge >= 0.3 is 0 Å². The molecule has 0 aromatic heterocycles. The number of aliphatic hydroxyl groups excluding tert-OH is 1. The molecule has 0 aliphatic carbocycles. The third-order valence-corrected chi connectivity index (χ3v) is 5.00. The van der Waals surface area contributed by atoms with Crippen molar-refractivity contribution in [2.75, 3.05) is 0 Å². The van der Waals surface area contributed by atoms with Crippen LogP contribution in [0, 0.1) is 0 Å². The minimum atomic E-state index is -4.04. The van der Waals surface area contributed by atoms with Crippen molar-refractivity contribution in [1.82, 2.24) is 0 Å². The van der Waals surface area contributed by atoms with Gasteiger partial charge in [0, 0.05) is 0 Å². The Morgan fingerprint density at radius 3 is 1.90 bits per heavy atom. The first kappa shape index (κ1) is 19.9. The lowest BCUT2D eigenvalue weighted by molar-refractivity contribution is 0.146. The Balaban J connectivity index is 4.02. The molecular formula is C15H32O4S. The largest absolute Gasteiger partial charge is 0.393 e. The smallest absolute Gasteiger partial charge is 0.267 e. The van der Waals surface area contributed by atoms with Crippen LogP contribution in [0.2, 0.25) is 0 Å². The summed E-state index contributed by atoms with van der Waals surface area (Å²) in [5.74, 6) is 0. The van der Waals surface area contributed by atoms with E-state index in [9.17, 15) is 18.1 Å². The van der Waals surface area contributed by atoms with Gasteiger partial charge in [0.15, 0.2) is 0 Å². The molecule has 0 rings (SSSR count). The van der Waals surface area contributed by atoms with E-state index in [1.54, 1.807) is 0 Å². The molecule has 0 saturated heterocycles. The zero-order valence-electron chi connectivity index (χ0n) is 13.1. The highest BCUT2D eigenvalue weighted by Crippen LogP contribution is 2.19. The van der Waals surface area contributed by atoms with E-state index in [1.807, 2.05) is 6.92 Å². The van der Waals surface area contributed by atoms with Crippen LogP contribution in [-0.2, 0) is 10.1 Å². The summed E-state index contributed by atoms with van der Waals surface area (Å²) in [5, 5.41) is 9.11. The molecule has 0 bridgehead atoms.